The number of hydrogen-bond donors (Lipinski definition) is 1. The second-order valence-corrected chi connectivity index (χ2v) is 7.36. The highest BCUT2D eigenvalue weighted by Gasteiger charge is 2.20. The number of imidazole rings is 1. The second-order valence-electron chi connectivity index (χ2n) is 7.36. The number of pyridine rings is 1. The highest BCUT2D eigenvalue weighted by atomic mass is 16.3. The van der Waals surface area contributed by atoms with Gasteiger partial charge in [0.25, 0.3) is 0 Å². The maximum atomic E-state index is 13.0. The van der Waals surface area contributed by atoms with E-state index in [-0.39, 0.29) is 18.1 Å². The Morgan fingerprint density at radius 2 is 1.85 bits per heavy atom. The summed E-state index contributed by atoms with van der Waals surface area (Å²) in [4.78, 5) is 17.7. The molecule has 0 saturated heterocycles. The van der Waals surface area contributed by atoms with Crippen LogP contribution in [0.25, 0.3) is 16.9 Å². The highest BCUT2D eigenvalue weighted by molar-refractivity contribution is 5.75. The van der Waals surface area contributed by atoms with Crippen LogP contribution in [0, 0.1) is 13.8 Å². The average molecular weight is 367 g/mol. The van der Waals surface area contributed by atoms with Crippen LogP contribution in [0.4, 0.5) is 0 Å². The van der Waals surface area contributed by atoms with Crippen LogP contribution in [0.2, 0.25) is 0 Å². The third kappa shape index (κ3) is 3.56. The summed E-state index contributed by atoms with van der Waals surface area (Å²) in [6, 6.07) is 6.44. The van der Waals surface area contributed by atoms with Gasteiger partial charge in [0.05, 0.1) is 12.3 Å². The molecule has 3 rings (SSSR count). The average Bonchev–Trinajstić information content (AvgIpc) is 3.07. The summed E-state index contributed by atoms with van der Waals surface area (Å²) in [6.07, 6.45) is 7.70. The molecule has 27 heavy (non-hydrogen) atoms. The van der Waals surface area contributed by atoms with Gasteiger partial charge >= 0.3 is 0 Å². The zero-order chi connectivity index (χ0) is 19.6. The molecule has 2 heterocycles. The molecule has 5 heteroatoms. The summed E-state index contributed by atoms with van der Waals surface area (Å²) >= 11 is 0. The maximum absolute atomic E-state index is 13.0. The lowest BCUT2D eigenvalue weighted by molar-refractivity contribution is 0.279. The van der Waals surface area contributed by atoms with Gasteiger partial charge in [0.2, 0.25) is 5.43 Å². The highest BCUT2D eigenvalue weighted by Crippen LogP contribution is 2.26. The number of aliphatic hydroxyl groups is 1. The minimum Gasteiger partial charge on any atom is -0.391 e. The SMILES string of the molecule is CCCC(CCC)n1cc(CO)c(=O)c2c1ncn2-c1ccc(C)cc1C. The Bertz CT molecular complexity index is 995. The first kappa shape index (κ1) is 19.4. The van der Waals surface area contributed by atoms with E-state index in [1.807, 2.05) is 23.6 Å². The molecule has 144 valence electrons. The Morgan fingerprint density at radius 1 is 1.15 bits per heavy atom. The van der Waals surface area contributed by atoms with E-state index in [0.717, 1.165) is 36.9 Å². The van der Waals surface area contributed by atoms with E-state index in [4.69, 9.17) is 0 Å². The van der Waals surface area contributed by atoms with Crippen molar-refractivity contribution < 1.29 is 5.11 Å². The molecule has 0 aliphatic rings. The van der Waals surface area contributed by atoms with Crippen molar-refractivity contribution in [2.75, 3.05) is 0 Å². The van der Waals surface area contributed by atoms with Gasteiger partial charge in [-0.2, -0.15) is 0 Å². The van der Waals surface area contributed by atoms with Crippen molar-refractivity contribution >= 4 is 11.2 Å². The number of aliphatic hydroxyl groups excluding tert-OH is 1. The molecule has 1 N–H and O–H groups in total. The molecule has 2 aromatic heterocycles. The summed E-state index contributed by atoms with van der Waals surface area (Å²) in [5, 5.41) is 9.79. The van der Waals surface area contributed by atoms with Crippen molar-refractivity contribution in [3.8, 4) is 5.69 Å². The monoisotopic (exact) mass is 367 g/mol. The zero-order valence-electron chi connectivity index (χ0n) is 16.7. The number of nitrogens with zero attached hydrogens (tertiary/aromatic N) is 3. The van der Waals surface area contributed by atoms with E-state index in [1.165, 1.54) is 5.56 Å². The summed E-state index contributed by atoms with van der Waals surface area (Å²) in [7, 11) is 0. The third-order valence-corrected chi connectivity index (χ3v) is 5.21. The van der Waals surface area contributed by atoms with Gasteiger partial charge in [-0.05, 0) is 38.3 Å². The molecule has 0 fully saturated rings. The molecule has 0 unspecified atom stereocenters. The number of hydrogen-bond acceptors (Lipinski definition) is 3. The van der Waals surface area contributed by atoms with Crippen molar-refractivity contribution in [1.29, 1.82) is 0 Å². The Labute approximate surface area is 160 Å². The minimum atomic E-state index is -0.266. The molecular formula is C22H29N3O2. The van der Waals surface area contributed by atoms with Crippen molar-refractivity contribution in [2.45, 2.75) is 66.0 Å². The van der Waals surface area contributed by atoms with Gasteiger partial charge in [-0.15, -0.1) is 0 Å². The molecule has 0 radical (unpaired) electrons. The first-order valence-electron chi connectivity index (χ1n) is 9.81. The number of fused-ring (bicyclic) bond motifs is 1. The van der Waals surface area contributed by atoms with Crippen LogP contribution < -0.4 is 5.43 Å². The Kier molecular flexibility index (Phi) is 5.80. The van der Waals surface area contributed by atoms with Crippen molar-refractivity contribution in [3.63, 3.8) is 0 Å². The fourth-order valence-electron chi connectivity index (χ4n) is 3.92. The standard InChI is InChI=1S/C22H29N3O2/c1-5-7-18(8-6-2)24-12-17(13-26)21(27)20-22(24)23-14-25(20)19-10-9-15(3)11-16(19)4/h9-12,14,18,26H,5-8,13H2,1-4H3. The summed E-state index contributed by atoms with van der Waals surface area (Å²) in [5.74, 6) is 0. The maximum Gasteiger partial charge on any atom is 0.213 e. The normalized spacial score (nSPS) is 11.6. The number of aromatic nitrogens is 3. The molecule has 0 bridgehead atoms. The summed E-state index contributed by atoms with van der Waals surface area (Å²) in [5.41, 5.74) is 4.74. The van der Waals surface area contributed by atoms with E-state index >= 15 is 0 Å². The fraction of sp³-hybridized carbons (Fsp3) is 0.455. The van der Waals surface area contributed by atoms with Gasteiger partial charge in [-0.25, -0.2) is 4.98 Å². The Hall–Kier alpha value is -2.40. The molecule has 3 aromatic rings. The minimum absolute atomic E-state index is 0.145. The predicted molar refractivity (Wildman–Crippen MR) is 110 cm³/mol. The quantitative estimate of drug-likeness (QED) is 0.672. The largest absolute Gasteiger partial charge is 0.391 e. The van der Waals surface area contributed by atoms with Gasteiger partial charge < -0.3 is 9.67 Å². The lowest BCUT2D eigenvalue weighted by atomic mass is 10.1. The van der Waals surface area contributed by atoms with E-state index in [9.17, 15) is 9.90 Å². The van der Waals surface area contributed by atoms with Gasteiger partial charge in [0.15, 0.2) is 5.65 Å². The molecule has 5 nitrogen and oxygen atoms in total. The first-order valence-corrected chi connectivity index (χ1v) is 9.81. The third-order valence-electron chi connectivity index (χ3n) is 5.21. The van der Waals surface area contributed by atoms with Crippen LogP contribution in [0.3, 0.4) is 0 Å². The van der Waals surface area contributed by atoms with Crippen molar-refractivity contribution in [3.05, 3.63) is 57.6 Å². The van der Waals surface area contributed by atoms with Gasteiger partial charge in [0.1, 0.15) is 11.8 Å². The fourth-order valence-corrected chi connectivity index (χ4v) is 3.92. The molecule has 0 saturated carbocycles. The lowest BCUT2D eigenvalue weighted by Crippen LogP contribution is -2.20. The Balaban J connectivity index is 2.30. The zero-order valence-corrected chi connectivity index (χ0v) is 16.7. The van der Waals surface area contributed by atoms with E-state index in [1.54, 1.807) is 12.5 Å². The van der Waals surface area contributed by atoms with Gasteiger partial charge in [0, 0.05) is 17.8 Å². The van der Waals surface area contributed by atoms with Crippen LogP contribution in [0.1, 0.15) is 62.3 Å². The van der Waals surface area contributed by atoms with Crippen LogP contribution >= 0.6 is 0 Å². The second kappa shape index (κ2) is 8.09. The topological polar surface area (TPSA) is 60.1 Å². The van der Waals surface area contributed by atoms with E-state index in [2.05, 4.69) is 36.4 Å². The molecule has 0 aliphatic heterocycles. The number of aryl methyl sites for hydroxylation is 2. The molecule has 0 spiro atoms. The van der Waals surface area contributed by atoms with E-state index in [0.29, 0.717) is 16.7 Å². The molecule has 0 aliphatic carbocycles. The Morgan fingerprint density at radius 3 is 2.44 bits per heavy atom. The predicted octanol–water partition coefficient (Wildman–Crippen LogP) is 4.44. The summed E-state index contributed by atoms with van der Waals surface area (Å²) in [6.45, 7) is 8.17. The van der Waals surface area contributed by atoms with Crippen molar-refractivity contribution in [1.82, 2.24) is 14.1 Å². The van der Waals surface area contributed by atoms with E-state index < -0.39 is 0 Å². The van der Waals surface area contributed by atoms with Gasteiger partial charge in [-0.3, -0.25) is 9.36 Å². The molecule has 0 amide bonds. The van der Waals surface area contributed by atoms with Crippen LogP contribution in [-0.2, 0) is 6.61 Å². The van der Waals surface area contributed by atoms with Gasteiger partial charge in [-0.1, -0.05) is 44.4 Å². The van der Waals surface area contributed by atoms with Crippen molar-refractivity contribution in [2.24, 2.45) is 0 Å². The molecule has 0 atom stereocenters. The smallest absolute Gasteiger partial charge is 0.213 e. The van der Waals surface area contributed by atoms with Crippen LogP contribution in [0.15, 0.2) is 35.5 Å². The molecule has 1 aromatic carbocycles. The summed E-state index contributed by atoms with van der Waals surface area (Å²) < 4.78 is 3.98. The first-order chi connectivity index (χ1) is 13.0. The lowest BCUT2D eigenvalue weighted by Gasteiger charge is -2.21. The number of benzene rings is 1. The van der Waals surface area contributed by atoms with Crippen LogP contribution in [-0.4, -0.2) is 19.2 Å². The number of rotatable bonds is 7. The molecular weight excluding hydrogens is 338 g/mol. The van der Waals surface area contributed by atoms with Crippen LogP contribution in [0.5, 0.6) is 0 Å².